The van der Waals surface area contributed by atoms with Crippen LogP contribution in [0.2, 0.25) is 0 Å². The molecule has 0 fully saturated rings. The molecular formula is C12H13F2NO. The summed E-state index contributed by atoms with van der Waals surface area (Å²) in [6.45, 7) is 1.94. The molecule has 0 saturated carbocycles. The molecule has 16 heavy (non-hydrogen) atoms. The summed E-state index contributed by atoms with van der Waals surface area (Å²) in [5, 5.41) is 2.96. The highest BCUT2D eigenvalue weighted by Crippen LogP contribution is 2.25. The van der Waals surface area contributed by atoms with Crippen molar-refractivity contribution in [3.8, 4) is 0 Å². The van der Waals surface area contributed by atoms with E-state index in [4.69, 9.17) is 4.42 Å². The SMILES string of the molecule is CN[C@@H](C)Cc1ccc2occ(F)c2c1F. The van der Waals surface area contributed by atoms with E-state index in [1.807, 2.05) is 6.92 Å². The van der Waals surface area contributed by atoms with Gasteiger partial charge in [0.2, 0.25) is 0 Å². The van der Waals surface area contributed by atoms with Crippen molar-refractivity contribution in [3.63, 3.8) is 0 Å². The number of hydrogen-bond donors (Lipinski definition) is 1. The van der Waals surface area contributed by atoms with Crippen LogP contribution in [0, 0.1) is 11.6 Å². The van der Waals surface area contributed by atoms with Crippen molar-refractivity contribution in [3.05, 3.63) is 35.6 Å². The van der Waals surface area contributed by atoms with E-state index >= 15 is 0 Å². The number of hydrogen-bond acceptors (Lipinski definition) is 2. The van der Waals surface area contributed by atoms with Crippen LogP contribution in [0.3, 0.4) is 0 Å². The Labute approximate surface area is 92.2 Å². The zero-order valence-electron chi connectivity index (χ0n) is 9.18. The van der Waals surface area contributed by atoms with Gasteiger partial charge in [-0.25, -0.2) is 8.78 Å². The van der Waals surface area contributed by atoms with E-state index in [1.165, 1.54) is 0 Å². The summed E-state index contributed by atoms with van der Waals surface area (Å²) in [5.74, 6) is -1.17. The summed E-state index contributed by atoms with van der Waals surface area (Å²) < 4.78 is 32.1. The number of likely N-dealkylation sites (N-methyl/N-ethyl adjacent to an activating group) is 1. The van der Waals surface area contributed by atoms with Gasteiger partial charge >= 0.3 is 0 Å². The maximum atomic E-state index is 13.9. The summed E-state index contributed by atoms with van der Waals surface area (Å²) in [4.78, 5) is 0. The molecule has 0 aliphatic rings. The van der Waals surface area contributed by atoms with Crippen LogP contribution in [0.25, 0.3) is 11.0 Å². The van der Waals surface area contributed by atoms with Gasteiger partial charge in [0.1, 0.15) is 17.7 Å². The Morgan fingerprint density at radius 1 is 1.38 bits per heavy atom. The van der Waals surface area contributed by atoms with Crippen LogP contribution in [-0.2, 0) is 6.42 Å². The molecule has 0 radical (unpaired) electrons. The zero-order valence-corrected chi connectivity index (χ0v) is 9.18. The minimum atomic E-state index is -0.647. The number of rotatable bonds is 3. The molecular weight excluding hydrogens is 212 g/mol. The van der Waals surface area contributed by atoms with Gasteiger partial charge in [-0.1, -0.05) is 6.07 Å². The molecule has 0 bridgehead atoms. The molecule has 1 atom stereocenters. The third kappa shape index (κ3) is 1.80. The standard InChI is InChI=1S/C12H13F2NO/c1-7(15-2)5-8-3-4-10-11(12(8)14)9(13)6-16-10/h3-4,6-7,15H,5H2,1-2H3/t7-/m0/s1. The quantitative estimate of drug-likeness (QED) is 0.868. The average molecular weight is 225 g/mol. The zero-order chi connectivity index (χ0) is 11.7. The van der Waals surface area contributed by atoms with Crippen LogP contribution in [0.1, 0.15) is 12.5 Å². The molecule has 0 spiro atoms. The fourth-order valence-electron chi connectivity index (χ4n) is 1.69. The molecule has 1 aromatic heterocycles. The monoisotopic (exact) mass is 225 g/mol. The second kappa shape index (κ2) is 4.22. The molecule has 0 aliphatic heterocycles. The van der Waals surface area contributed by atoms with Crippen LogP contribution in [-0.4, -0.2) is 13.1 Å². The number of furan rings is 1. The normalized spacial score (nSPS) is 13.2. The van der Waals surface area contributed by atoms with Crippen molar-refractivity contribution >= 4 is 11.0 Å². The fourth-order valence-corrected chi connectivity index (χ4v) is 1.69. The summed E-state index contributed by atoms with van der Waals surface area (Å²) in [5.41, 5.74) is 0.741. The molecule has 4 heteroatoms. The Morgan fingerprint density at radius 2 is 2.12 bits per heavy atom. The van der Waals surface area contributed by atoms with Gasteiger partial charge in [-0.2, -0.15) is 0 Å². The van der Waals surface area contributed by atoms with Gasteiger partial charge in [0.15, 0.2) is 5.82 Å². The Kier molecular flexibility index (Phi) is 2.92. The largest absolute Gasteiger partial charge is 0.461 e. The Hall–Kier alpha value is -1.42. The van der Waals surface area contributed by atoms with Crippen molar-refractivity contribution in [2.75, 3.05) is 7.05 Å². The van der Waals surface area contributed by atoms with Gasteiger partial charge in [-0.3, -0.25) is 0 Å². The molecule has 0 amide bonds. The lowest BCUT2D eigenvalue weighted by atomic mass is 10.0. The van der Waals surface area contributed by atoms with Crippen molar-refractivity contribution in [2.24, 2.45) is 0 Å². The smallest absolute Gasteiger partial charge is 0.172 e. The van der Waals surface area contributed by atoms with Crippen LogP contribution < -0.4 is 5.32 Å². The Bertz CT molecular complexity index is 507. The van der Waals surface area contributed by atoms with E-state index in [9.17, 15) is 8.78 Å². The maximum absolute atomic E-state index is 13.9. The lowest BCUT2D eigenvalue weighted by molar-refractivity contribution is 0.555. The minimum absolute atomic E-state index is 0.0548. The molecule has 86 valence electrons. The molecule has 2 aromatic rings. The van der Waals surface area contributed by atoms with Gasteiger partial charge in [0.05, 0.1) is 5.39 Å². The molecule has 2 nitrogen and oxygen atoms in total. The first-order valence-electron chi connectivity index (χ1n) is 5.14. The van der Waals surface area contributed by atoms with E-state index < -0.39 is 11.6 Å². The van der Waals surface area contributed by atoms with E-state index in [2.05, 4.69) is 5.32 Å². The maximum Gasteiger partial charge on any atom is 0.172 e. The summed E-state index contributed by atoms with van der Waals surface area (Å²) in [6, 6.07) is 3.37. The Balaban J connectivity index is 2.47. The number of fused-ring (bicyclic) bond motifs is 1. The van der Waals surface area contributed by atoms with Gasteiger partial charge in [0.25, 0.3) is 0 Å². The van der Waals surface area contributed by atoms with Gasteiger partial charge in [-0.15, -0.1) is 0 Å². The van der Waals surface area contributed by atoms with E-state index in [0.29, 0.717) is 12.0 Å². The first-order valence-corrected chi connectivity index (χ1v) is 5.14. The van der Waals surface area contributed by atoms with Gasteiger partial charge < -0.3 is 9.73 Å². The third-order valence-electron chi connectivity index (χ3n) is 2.73. The molecule has 0 aliphatic carbocycles. The first kappa shape index (κ1) is 11.1. The number of halogens is 2. The third-order valence-corrected chi connectivity index (χ3v) is 2.73. The minimum Gasteiger partial charge on any atom is -0.461 e. The van der Waals surface area contributed by atoms with Crippen molar-refractivity contribution in [1.29, 1.82) is 0 Å². The molecule has 1 heterocycles. The van der Waals surface area contributed by atoms with E-state index in [0.717, 1.165) is 6.26 Å². The topological polar surface area (TPSA) is 25.2 Å². The Morgan fingerprint density at radius 3 is 2.81 bits per heavy atom. The van der Waals surface area contributed by atoms with Crippen molar-refractivity contribution < 1.29 is 13.2 Å². The molecule has 2 rings (SSSR count). The van der Waals surface area contributed by atoms with Crippen molar-refractivity contribution in [2.45, 2.75) is 19.4 Å². The van der Waals surface area contributed by atoms with Crippen LogP contribution in [0.4, 0.5) is 8.78 Å². The fraction of sp³-hybridized carbons (Fsp3) is 0.333. The van der Waals surface area contributed by atoms with Gasteiger partial charge in [0, 0.05) is 6.04 Å². The number of nitrogens with one attached hydrogen (secondary N) is 1. The summed E-state index contributed by atoms with van der Waals surface area (Å²) in [7, 11) is 1.81. The van der Waals surface area contributed by atoms with Crippen LogP contribution in [0.15, 0.2) is 22.8 Å². The summed E-state index contributed by atoms with van der Waals surface area (Å²) >= 11 is 0. The van der Waals surface area contributed by atoms with Crippen molar-refractivity contribution in [1.82, 2.24) is 5.32 Å². The number of benzene rings is 1. The molecule has 0 saturated heterocycles. The highest BCUT2D eigenvalue weighted by Gasteiger charge is 2.15. The lowest BCUT2D eigenvalue weighted by Gasteiger charge is -2.10. The lowest BCUT2D eigenvalue weighted by Crippen LogP contribution is -2.24. The predicted octanol–water partition coefficient (Wildman–Crippen LogP) is 2.86. The molecule has 1 aromatic carbocycles. The second-order valence-corrected chi connectivity index (χ2v) is 3.89. The highest BCUT2D eigenvalue weighted by atomic mass is 19.1. The average Bonchev–Trinajstić information content (AvgIpc) is 2.65. The van der Waals surface area contributed by atoms with E-state index in [1.54, 1.807) is 19.2 Å². The van der Waals surface area contributed by atoms with Gasteiger partial charge in [-0.05, 0) is 32.0 Å². The molecule has 1 N–H and O–H groups in total. The predicted molar refractivity (Wildman–Crippen MR) is 58.4 cm³/mol. The first-order chi connectivity index (χ1) is 7.63. The highest BCUT2D eigenvalue weighted by molar-refractivity contribution is 5.79. The summed E-state index contributed by atoms with van der Waals surface area (Å²) in [6.07, 6.45) is 1.45. The second-order valence-electron chi connectivity index (χ2n) is 3.89. The molecule has 0 unspecified atom stereocenters. The van der Waals surface area contributed by atoms with E-state index in [-0.39, 0.29) is 17.0 Å². The van der Waals surface area contributed by atoms with Crippen LogP contribution >= 0.6 is 0 Å². The van der Waals surface area contributed by atoms with Crippen LogP contribution in [0.5, 0.6) is 0 Å².